The van der Waals surface area contributed by atoms with Crippen molar-refractivity contribution in [2.24, 2.45) is 10.9 Å². The van der Waals surface area contributed by atoms with E-state index in [9.17, 15) is 5.11 Å². The fourth-order valence-corrected chi connectivity index (χ4v) is 1.53. The van der Waals surface area contributed by atoms with E-state index in [0.717, 1.165) is 11.4 Å². The molecule has 0 saturated carbocycles. The Kier molecular flexibility index (Phi) is 2.12. The maximum Gasteiger partial charge on any atom is 0.205 e. The van der Waals surface area contributed by atoms with Crippen LogP contribution in [-0.4, -0.2) is 29.5 Å². The number of fused-ring (bicyclic) bond motifs is 1. The molecule has 0 radical (unpaired) electrons. The number of amidine groups is 1. The second kappa shape index (κ2) is 3.32. The van der Waals surface area contributed by atoms with Gasteiger partial charge in [-0.2, -0.15) is 0 Å². The molecule has 0 aliphatic carbocycles. The average molecular weight is 208 g/mol. The number of hydrogen-bond donors (Lipinski definition) is 4. The molecule has 0 bridgehead atoms. The second-order valence-electron chi connectivity index (χ2n) is 3.35. The van der Waals surface area contributed by atoms with Crippen molar-refractivity contribution in [1.29, 1.82) is 0 Å². The fourth-order valence-electron chi connectivity index (χ4n) is 1.53. The molecular weight excluding hydrogens is 196 g/mol. The molecular formula is C9H12N4O2. The van der Waals surface area contributed by atoms with Crippen molar-refractivity contribution in [2.75, 3.05) is 17.3 Å². The van der Waals surface area contributed by atoms with Gasteiger partial charge in [0.2, 0.25) is 6.35 Å². The zero-order valence-electron chi connectivity index (χ0n) is 8.18. The molecule has 15 heavy (non-hydrogen) atoms. The number of aliphatic hydroxyl groups is 1. The molecule has 0 spiro atoms. The largest absolute Gasteiger partial charge is 0.409 e. The number of aliphatic hydroxyl groups excluding tert-OH is 1. The second-order valence-corrected chi connectivity index (χ2v) is 3.35. The lowest BCUT2D eigenvalue weighted by molar-refractivity contribution is 0.210. The molecule has 0 saturated heterocycles. The van der Waals surface area contributed by atoms with Crippen LogP contribution < -0.4 is 16.0 Å². The molecule has 0 amide bonds. The third-order valence-corrected chi connectivity index (χ3v) is 2.43. The van der Waals surface area contributed by atoms with E-state index >= 15 is 0 Å². The van der Waals surface area contributed by atoms with Gasteiger partial charge in [0.05, 0.1) is 11.4 Å². The number of anilines is 2. The normalized spacial score (nSPS) is 20.0. The topological polar surface area (TPSA) is 94.1 Å². The quantitative estimate of drug-likeness (QED) is 0.224. The molecule has 5 N–H and O–H groups in total. The third kappa shape index (κ3) is 1.44. The molecule has 1 heterocycles. The van der Waals surface area contributed by atoms with E-state index in [1.54, 1.807) is 30.1 Å². The number of oxime groups is 1. The van der Waals surface area contributed by atoms with Gasteiger partial charge in [0.1, 0.15) is 0 Å². The lowest BCUT2D eigenvalue weighted by atomic mass is 10.1. The Morgan fingerprint density at radius 1 is 1.60 bits per heavy atom. The van der Waals surface area contributed by atoms with Crippen LogP contribution in [-0.2, 0) is 0 Å². The van der Waals surface area contributed by atoms with Gasteiger partial charge in [0.25, 0.3) is 0 Å². The highest BCUT2D eigenvalue weighted by molar-refractivity contribution is 5.99. The summed E-state index contributed by atoms with van der Waals surface area (Å²) in [5.74, 6) is 0.0487. The molecule has 1 atom stereocenters. The number of nitrogens with zero attached hydrogens (tertiary/aromatic N) is 2. The van der Waals surface area contributed by atoms with Gasteiger partial charge >= 0.3 is 0 Å². The van der Waals surface area contributed by atoms with Crippen LogP contribution in [0, 0.1) is 0 Å². The summed E-state index contributed by atoms with van der Waals surface area (Å²) in [4.78, 5) is 1.66. The van der Waals surface area contributed by atoms with Crippen molar-refractivity contribution in [3.63, 3.8) is 0 Å². The molecule has 2 rings (SSSR count). The molecule has 1 aliphatic heterocycles. The average Bonchev–Trinajstić information content (AvgIpc) is 2.54. The Bertz CT molecular complexity index is 419. The summed E-state index contributed by atoms with van der Waals surface area (Å²) in [5.41, 5.74) is 7.71. The molecule has 1 aromatic rings. The minimum atomic E-state index is -0.734. The predicted octanol–water partition coefficient (Wildman–Crippen LogP) is -0.0813. The van der Waals surface area contributed by atoms with Crippen LogP contribution >= 0.6 is 0 Å². The molecule has 0 fully saturated rings. The van der Waals surface area contributed by atoms with Crippen molar-refractivity contribution in [1.82, 2.24) is 0 Å². The van der Waals surface area contributed by atoms with Crippen molar-refractivity contribution in [2.45, 2.75) is 6.35 Å². The molecule has 0 aromatic heterocycles. The summed E-state index contributed by atoms with van der Waals surface area (Å²) in [5, 5.41) is 23.8. The molecule has 6 heteroatoms. The highest BCUT2D eigenvalue weighted by Crippen LogP contribution is 2.33. The number of rotatable bonds is 1. The third-order valence-electron chi connectivity index (χ3n) is 2.43. The van der Waals surface area contributed by atoms with Crippen molar-refractivity contribution in [3.8, 4) is 0 Å². The maximum absolute atomic E-state index is 9.51. The van der Waals surface area contributed by atoms with Crippen molar-refractivity contribution >= 4 is 17.2 Å². The van der Waals surface area contributed by atoms with Crippen LogP contribution in [0.2, 0.25) is 0 Å². The van der Waals surface area contributed by atoms with Gasteiger partial charge in [-0.3, -0.25) is 0 Å². The van der Waals surface area contributed by atoms with Gasteiger partial charge < -0.3 is 26.3 Å². The first-order valence-corrected chi connectivity index (χ1v) is 4.43. The van der Waals surface area contributed by atoms with Crippen molar-refractivity contribution in [3.05, 3.63) is 23.8 Å². The zero-order chi connectivity index (χ0) is 11.0. The summed E-state index contributed by atoms with van der Waals surface area (Å²) in [6.45, 7) is 0. The number of hydrogen-bond acceptors (Lipinski definition) is 5. The van der Waals surface area contributed by atoms with E-state index in [-0.39, 0.29) is 5.84 Å². The smallest absolute Gasteiger partial charge is 0.205 e. The Labute approximate surface area is 86.6 Å². The molecule has 6 nitrogen and oxygen atoms in total. The van der Waals surface area contributed by atoms with Crippen LogP contribution in [0.3, 0.4) is 0 Å². The van der Waals surface area contributed by atoms with Gasteiger partial charge in [0.15, 0.2) is 5.84 Å². The Morgan fingerprint density at radius 2 is 2.33 bits per heavy atom. The number of nitrogens with one attached hydrogen (secondary N) is 1. The molecule has 80 valence electrons. The van der Waals surface area contributed by atoms with Gasteiger partial charge in [-0.25, -0.2) is 0 Å². The van der Waals surface area contributed by atoms with E-state index in [0.29, 0.717) is 5.56 Å². The fraction of sp³-hybridized carbons (Fsp3) is 0.222. The summed E-state index contributed by atoms with van der Waals surface area (Å²) in [6.07, 6.45) is -0.734. The van der Waals surface area contributed by atoms with Gasteiger partial charge in [-0.1, -0.05) is 5.16 Å². The summed E-state index contributed by atoms with van der Waals surface area (Å²) in [6, 6.07) is 5.23. The minimum Gasteiger partial charge on any atom is -0.409 e. The highest BCUT2D eigenvalue weighted by atomic mass is 16.4. The van der Waals surface area contributed by atoms with Gasteiger partial charge in [0, 0.05) is 12.6 Å². The van der Waals surface area contributed by atoms with Gasteiger partial charge in [-0.15, -0.1) is 0 Å². The monoisotopic (exact) mass is 208 g/mol. The Balaban J connectivity index is 2.44. The lowest BCUT2D eigenvalue weighted by Crippen LogP contribution is -2.31. The van der Waals surface area contributed by atoms with Crippen LogP contribution in [0.5, 0.6) is 0 Å². The van der Waals surface area contributed by atoms with Crippen LogP contribution in [0.25, 0.3) is 0 Å². The number of benzene rings is 1. The van der Waals surface area contributed by atoms with Crippen LogP contribution in [0.1, 0.15) is 5.56 Å². The van der Waals surface area contributed by atoms with Gasteiger partial charge in [-0.05, 0) is 18.2 Å². The summed E-state index contributed by atoms with van der Waals surface area (Å²) >= 11 is 0. The van der Waals surface area contributed by atoms with E-state index in [1.165, 1.54) is 0 Å². The van der Waals surface area contributed by atoms with Crippen LogP contribution in [0.4, 0.5) is 11.4 Å². The molecule has 1 aliphatic rings. The van der Waals surface area contributed by atoms with Crippen LogP contribution in [0.15, 0.2) is 23.4 Å². The van der Waals surface area contributed by atoms with Crippen molar-refractivity contribution < 1.29 is 10.3 Å². The van der Waals surface area contributed by atoms with E-state index < -0.39 is 6.35 Å². The van der Waals surface area contributed by atoms with E-state index in [2.05, 4.69) is 10.5 Å². The summed E-state index contributed by atoms with van der Waals surface area (Å²) < 4.78 is 0. The molecule has 1 unspecified atom stereocenters. The lowest BCUT2D eigenvalue weighted by Gasteiger charge is -2.15. The van der Waals surface area contributed by atoms with E-state index in [1.807, 2.05) is 0 Å². The maximum atomic E-state index is 9.51. The van der Waals surface area contributed by atoms with E-state index in [4.69, 9.17) is 10.9 Å². The standard InChI is InChI=1S/C9H12N4O2/c1-13-7-4-5(8(10)12-15)2-3-6(7)11-9(13)14/h2-4,9,11,14-15H,1H3,(H2,10,12). The first kappa shape index (κ1) is 9.60. The first-order chi connectivity index (χ1) is 7.13. The highest BCUT2D eigenvalue weighted by Gasteiger charge is 2.23. The Morgan fingerprint density at radius 3 is 3.00 bits per heavy atom. The molecule has 1 aromatic carbocycles. The zero-order valence-corrected chi connectivity index (χ0v) is 8.18. The first-order valence-electron chi connectivity index (χ1n) is 4.43. The Hall–Kier alpha value is -1.95. The predicted molar refractivity (Wildman–Crippen MR) is 57.0 cm³/mol. The number of nitrogens with two attached hydrogens (primary N) is 1. The SMILES string of the molecule is CN1c2cc(/C(N)=N/O)ccc2NC1O. The minimum absolute atomic E-state index is 0.0487. The summed E-state index contributed by atoms with van der Waals surface area (Å²) in [7, 11) is 1.75.